The zero-order valence-electron chi connectivity index (χ0n) is 47.4. The molecule has 2 unspecified atom stereocenters. The smallest absolute Gasteiger partial charge is 0.306 e. The Hall–Kier alpha value is -1.77. The maximum absolute atomic E-state index is 12.7. The number of hydrogen-bond donors (Lipinski definition) is 0. The third-order valence-corrected chi connectivity index (χ3v) is 14.4. The first-order chi connectivity index (χ1) is 34.5. The van der Waals surface area contributed by atoms with E-state index < -0.39 is 26.5 Å². The van der Waals surface area contributed by atoms with Gasteiger partial charge in [0.25, 0.3) is 7.82 Å². The summed E-state index contributed by atoms with van der Waals surface area (Å²) in [6.07, 6.45) is 65.7. The summed E-state index contributed by atoms with van der Waals surface area (Å²) in [5.41, 5.74) is 0. The highest BCUT2D eigenvalue weighted by molar-refractivity contribution is 7.45. The van der Waals surface area contributed by atoms with Gasteiger partial charge in [-0.1, -0.05) is 262 Å². The van der Waals surface area contributed by atoms with Gasteiger partial charge in [-0.2, -0.15) is 0 Å². The van der Waals surface area contributed by atoms with E-state index in [-0.39, 0.29) is 32.0 Å². The molecule has 9 nitrogen and oxygen atoms in total. The SMILES string of the molecule is CCCCCCC/C=C\C/C=C\C/C=C\CCCCCCCCCCCCCCCCCCCCCCCCCCCCC(=O)OC(COC(=O)CCCCCCCC)COP(=O)([O-])OCC[N+](C)(C)C. The lowest BCUT2D eigenvalue weighted by atomic mass is 10.0. The van der Waals surface area contributed by atoms with E-state index in [1.807, 2.05) is 21.1 Å². The lowest BCUT2D eigenvalue weighted by Gasteiger charge is -2.28. The van der Waals surface area contributed by atoms with Gasteiger partial charge in [0.05, 0.1) is 27.7 Å². The van der Waals surface area contributed by atoms with E-state index in [4.69, 9.17) is 18.5 Å². The number of hydrogen-bond acceptors (Lipinski definition) is 8. The first-order valence-electron chi connectivity index (χ1n) is 30.2. The van der Waals surface area contributed by atoms with Crippen LogP contribution in [0.5, 0.6) is 0 Å². The zero-order valence-corrected chi connectivity index (χ0v) is 48.3. The minimum atomic E-state index is -4.62. The fraction of sp³-hybridized carbons (Fsp3) is 0.869. The summed E-state index contributed by atoms with van der Waals surface area (Å²) in [4.78, 5) is 37.4. The Morgan fingerprint density at radius 2 is 0.761 bits per heavy atom. The van der Waals surface area contributed by atoms with Gasteiger partial charge in [0.15, 0.2) is 6.10 Å². The van der Waals surface area contributed by atoms with Crippen LogP contribution < -0.4 is 4.89 Å². The van der Waals surface area contributed by atoms with Crippen molar-refractivity contribution in [3.05, 3.63) is 36.5 Å². The van der Waals surface area contributed by atoms with Crippen molar-refractivity contribution in [1.82, 2.24) is 0 Å². The van der Waals surface area contributed by atoms with Gasteiger partial charge in [-0.05, 0) is 51.4 Å². The number of likely N-dealkylation sites (N-methyl/N-ethyl adjacent to an activating group) is 1. The summed E-state index contributed by atoms with van der Waals surface area (Å²) >= 11 is 0. The van der Waals surface area contributed by atoms with E-state index in [1.54, 1.807) is 0 Å². The van der Waals surface area contributed by atoms with E-state index in [2.05, 4.69) is 50.3 Å². The number of phosphoric acid groups is 1. The number of quaternary nitrogens is 1. The highest BCUT2D eigenvalue weighted by atomic mass is 31.2. The predicted molar refractivity (Wildman–Crippen MR) is 301 cm³/mol. The van der Waals surface area contributed by atoms with Crippen LogP contribution in [0, 0.1) is 0 Å². The Kier molecular flexibility index (Phi) is 51.7. The first-order valence-corrected chi connectivity index (χ1v) is 31.7. The molecule has 2 atom stereocenters. The minimum Gasteiger partial charge on any atom is -0.756 e. The molecule has 0 saturated heterocycles. The molecule has 0 aliphatic rings. The van der Waals surface area contributed by atoms with E-state index in [0.717, 1.165) is 51.4 Å². The number of esters is 2. The van der Waals surface area contributed by atoms with Crippen LogP contribution in [-0.4, -0.2) is 70.0 Å². The van der Waals surface area contributed by atoms with Gasteiger partial charge in [0, 0.05) is 12.8 Å². The monoisotopic (exact) mass is 1020 g/mol. The number of allylic oxidation sites excluding steroid dienone is 6. The highest BCUT2D eigenvalue weighted by Crippen LogP contribution is 2.38. The molecule has 0 aliphatic heterocycles. The molecule has 0 amide bonds. The van der Waals surface area contributed by atoms with Crippen LogP contribution in [0.3, 0.4) is 0 Å². The molecular formula is C61H116NO8P. The second-order valence-corrected chi connectivity index (χ2v) is 23.1. The third kappa shape index (κ3) is 57.4. The molecule has 0 bridgehead atoms. The molecule has 71 heavy (non-hydrogen) atoms. The molecule has 0 aromatic rings. The zero-order chi connectivity index (χ0) is 52.0. The standard InChI is InChI=1S/C61H116NO8P/c1-6-8-10-12-14-15-16-17-18-19-20-21-22-23-24-25-26-27-28-29-30-31-32-33-34-35-36-37-38-39-40-41-42-43-44-45-46-47-48-50-52-54-61(64)70-59(57-67-60(63)53-51-49-13-11-9-7-2)58-69-71(65,66)68-56-55-62(3,4)5/h16-17,19-20,22-23,59H,6-15,18,21,24-58H2,1-5H3/b17-16-,20-19-,23-22-. The quantitative estimate of drug-likeness (QED) is 0.0195. The van der Waals surface area contributed by atoms with E-state index in [1.165, 1.54) is 205 Å². The van der Waals surface area contributed by atoms with E-state index in [9.17, 15) is 19.0 Å². The first kappa shape index (κ1) is 69.2. The van der Waals surface area contributed by atoms with Crippen molar-refractivity contribution in [3.63, 3.8) is 0 Å². The van der Waals surface area contributed by atoms with Crippen LogP contribution in [0.4, 0.5) is 0 Å². The number of phosphoric ester groups is 1. The molecule has 0 heterocycles. The molecule has 0 aliphatic carbocycles. The molecule has 0 aromatic carbocycles. The summed E-state index contributed by atoms with van der Waals surface area (Å²) in [6, 6.07) is 0. The van der Waals surface area contributed by atoms with Gasteiger partial charge in [0.1, 0.15) is 19.8 Å². The largest absolute Gasteiger partial charge is 0.756 e. The molecule has 10 heteroatoms. The highest BCUT2D eigenvalue weighted by Gasteiger charge is 2.22. The Balaban J connectivity index is 3.71. The number of unbranched alkanes of at least 4 members (excludes halogenated alkanes) is 36. The van der Waals surface area contributed by atoms with Crippen LogP contribution >= 0.6 is 7.82 Å². The van der Waals surface area contributed by atoms with Gasteiger partial charge in [-0.25, -0.2) is 0 Å². The summed E-state index contributed by atoms with van der Waals surface area (Å²) < 4.78 is 33.9. The van der Waals surface area contributed by atoms with Gasteiger partial charge in [-0.3, -0.25) is 14.2 Å². The number of carbonyl (C=O) groups excluding carboxylic acids is 2. The summed E-state index contributed by atoms with van der Waals surface area (Å²) in [6.45, 7) is 4.18. The number of carbonyl (C=O) groups is 2. The lowest BCUT2D eigenvalue weighted by Crippen LogP contribution is -2.37. The molecule has 0 spiro atoms. The van der Waals surface area contributed by atoms with Gasteiger partial charge >= 0.3 is 11.9 Å². The molecule has 0 rings (SSSR count). The Bertz CT molecular complexity index is 1300. The third-order valence-electron chi connectivity index (χ3n) is 13.4. The Morgan fingerprint density at radius 3 is 1.13 bits per heavy atom. The Morgan fingerprint density at radius 1 is 0.437 bits per heavy atom. The summed E-state index contributed by atoms with van der Waals surface area (Å²) in [5, 5.41) is 0. The Labute approximate surface area is 440 Å². The lowest BCUT2D eigenvalue weighted by molar-refractivity contribution is -0.870. The fourth-order valence-corrected chi connectivity index (χ4v) is 9.45. The van der Waals surface area contributed by atoms with Crippen LogP contribution in [0.2, 0.25) is 0 Å². The van der Waals surface area contributed by atoms with Gasteiger partial charge in [-0.15, -0.1) is 0 Å². The fourth-order valence-electron chi connectivity index (χ4n) is 8.72. The second-order valence-electron chi connectivity index (χ2n) is 21.7. The van der Waals surface area contributed by atoms with Crippen LogP contribution in [-0.2, 0) is 32.7 Å². The maximum atomic E-state index is 12.7. The van der Waals surface area contributed by atoms with Crippen molar-refractivity contribution >= 4 is 19.8 Å². The molecule has 0 aromatic heterocycles. The van der Waals surface area contributed by atoms with Gasteiger partial charge < -0.3 is 27.9 Å². The van der Waals surface area contributed by atoms with Crippen molar-refractivity contribution in [2.75, 3.05) is 47.5 Å². The maximum Gasteiger partial charge on any atom is 0.306 e. The van der Waals surface area contributed by atoms with Crippen LogP contribution in [0.1, 0.15) is 290 Å². The van der Waals surface area contributed by atoms with Crippen molar-refractivity contribution < 1.29 is 42.1 Å². The number of ether oxygens (including phenoxy) is 2. The summed E-state index contributed by atoms with van der Waals surface area (Å²) in [7, 11) is 1.18. The number of rotatable bonds is 56. The summed E-state index contributed by atoms with van der Waals surface area (Å²) in [5.74, 6) is -0.831. The van der Waals surface area contributed by atoms with Crippen molar-refractivity contribution in [2.24, 2.45) is 0 Å². The predicted octanol–water partition coefficient (Wildman–Crippen LogP) is 18.1. The number of nitrogens with zero attached hydrogens (tertiary/aromatic N) is 1. The minimum absolute atomic E-state index is 0.0279. The van der Waals surface area contributed by atoms with Crippen LogP contribution in [0.25, 0.3) is 0 Å². The average molecular weight is 1020 g/mol. The molecule has 418 valence electrons. The van der Waals surface area contributed by atoms with E-state index in [0.29, 0.717) is 17.4 Å². The van der Waals surface area contributed by atoms with Crippen LogP contribution in [0.15, 0.2) is 36.5 Å². The normalized spacial score (nSPS) is 13.5. The van der Waals surface area contributed by atoms with Crippen molar-refractivity contribution in [2.45, 2.75) is 296 Å². The molecule has 0 radical (unpaired) electrons. The molecule has 0 fully saturated rings. The van der Waals surface area contributed by atoms with Crippen molar-refractivity contribution in [1.29, 1.82) is 0 Å². The molecule has 0 N–H and O–H groups in total. The van der Waals surface area contributed by atoms with Crippen molar-refractivity contribution in [3.8, 4) is 0 Å². The topological polar surface area (TPSA) is 111 Å². The second kappa shape index (κ2) is 53.1. The molecular weight excluding hydrogens is 906 g/mol. The molecule has 0 saturated carbocycles. The van der Waals surface area contributed by atoms with E-state index >= 15 is 0 Å². The van der Waals surface area contributed by atoms with Gasteiger partial charge in [0.2, 0.25) is 0 Å². The average Bonchev–Trinajstić information content (AvgIpc) is 3.33.